The zero-order valence-corrected chi connectivity index (χ0v) is 13.8. The lowest BCUT2D eigenvalue weighted by molar-refractivity contribution is -0.124. The lowest BCUT2D eigenvalue weighted by atomic mass is 10.1. The fraction of sp³-hybridized carbons (Fsp3) is 0.250. The summed E-state index contributed by atoms with van der Waals surface area (Å²) in [5.41, 5.74) is 1.78. The molecular formula is C16H16ClNO3S. The van der Waals surface area contributed by atoms with E-state index in [9.17, 15) is 9.59 Å². The number of hydrogen-bond acceptors (Lipinski definition) is 4. The minimum absolute atomic E-state index is 0.188. The molecule has 1 atom stereocenters. The van der Waals surface area contributed by atoms with Crippen LogP contribution in [0.15, 0.2) is 35.7 Å². The summed E-state index contributed by atoms with van der Waals surface area (Å²) >= 11 is 7.13. The first kappa shape index (κ1) is 16.5. The van der Waals surface area contributed by atoms with Gasteiger partial charge < -0.3 is 10.1 Å². The van der Waals surface area contributed by atoms with E-state index < -0.39 is 5.97 Å². The number of thiophene rings is 1. The van der Waals surface area contributed by atoms with Gasteiger partial charge in [-0.3, -0.25) is 4.79 Å². The van der Waals surface area contributed by atoms with Crippen molar-refractivity contribution in [1.29, 1.82) is 0 Å². The fourth-order valence-electron chi connectivity index (χ4n) is 1.90. The Morgan fingerprint density at radius 1 is 1.27 bits per heavy atom. The highest BCUT2D eigenvalue weighted by molar-refractivity contribution is 7.12. The minimum Gasteiger partial charge on any atom is -0.451 e. The van der Waals surface area contributed by atoms with Gasteiger partial charge in [0.2, 0.25) is 0 Å². The SMILES string of the molecule is Cc1ccsc1C(=O)OCC(=O)N[C@@H](C)c1ccc(Cl)cc1. The molecule has 2 aromatic rings. The van der Waals surface area contributed by atoms with Crippen molar-refractivity contribution < 1.29 is 14.3 Å². The molecule has 0 spiro atoms. The maximum atomic E-state index is 11.8. The number of halogens is 1. The Morgan fingerprint density at radius 2 is 1.95 bits per heavy atom. The topological polar surface area (TPSA) is 55.4 Å². The van der Waals surface area contributed by atoms with Crippen molar-refractivity contribution in [3.63, 3.8) is 0 Å². The first-order valence-electron chi connectivity index (χ1n) is 6.73. The fourth-order valence-corrected chi connectivity index (χ4v) is 2.84. The van der Waals surface area contributed by atoms with Crippen LogP contribution in [0.25, 0.3) is 0 Å². The Morgan fingerprint density at radius 3 is 2.55 bits per heavy atom. The number of aryl methyl sites for hydroxylation is 1. The zero-order valence-electron chi connectivity index (χ0n) is 12.3. The van der Waals surface area contributed by atoms with Crippen molar-refractivity contribution in [3.8, 4) is 0 Å². The summed E-state index contributed by atoms with van der Waals surface area (Å²) in [5.74, 6) is -0.813. The van der Waals surface area contributed by atoms with Gasteiger partial charge in [0.15, 0.2) is 6.61 Å². The number of carbonyl (C=O) groups excluding carboxylic acids is 2. The molecule has 0 aliphatic carbocycles. The molecule has 1 aromatic heterocycles. The number of hydrogen-bond donors (Lipinski definition) is 1. The molecule has 0 aliphatic heterocycles. The Hall–Kier alpha value is -1.85. The van der Waals surface area contributed by atoms with Crippen LogP contribution in [0.4, 0.5) is 0 Å². The highest BCUT2D eigenvalue weighted by Gasteiger charge is 2.15. The van der Waals surface area contributed by atoms with Crippen LogP contribution >= 0.6 is 22.9 Å². The van der Waals surface area contributed by atoms with Crippen molar-refractivity contribution in [1.82, 2.24) is 5.32 Å². The van der Waals surface area contributed by atoms with Gasteiger partial charge in [-0.05, 0) is 48.6 Å². The van der Waals surface area contributed by atoms with Crippen LogP contribution in [0.5, 0.6) is 0 Å². The summed E-state index contributed by atoms with van der Waals surface area (Å²) in [5, 5.41) is 5.23. The van der Waals surface area contributed by atoms with Gasteiger partial charge in [0.05, 0.1) is 6.04 Å². The third-order valence-electron chi connectivity index (χ3n) is 3.13. The van der Waals surface area contributed by atoms with Crippen LogP contribution in [0.2, 0.25) is 5.02 Å². The first-order valence-corrected chi connectivity index (χ1v) is 7.99. The molecule has 0 unspecified atom stereocenters. The van der Waals surface area contributed by atoms with E-state index in [0.29, 0.717) is 9.90 Å². The van der Waals surface area contributed by atoms with Gasteiger partial charge in [-0.25, -0.2) is 4.79 Å². The number of ether oxygens (including phenoxy) is 1. The number of carbonyl (C=O) groups is 2. The van der Waals surface area contributed by atoms with Gasteiger partial charge in [-0.15, -0.1) is 11.3 Å². The number of nitrogens with one attached hydrogen (secondary N) is 1. The predicted octanol–water partition coefficient (Wildman–Crippen LogP) is 3.74. The average molecular weight is 338 g/mol. The van der Waals surface area contributed by atoms with E-state index in [2.05, 4.69) is 5.32 Å². The summed E-state index contributed by atoms with van der Waals surface area (Å²) in [6, 6.07) is 8.86. The molecule has 0 saturated carbocycles. The molecule has 1 amide bonds. The molecule has 0 fully saturated rings. The van der Waals surface area contributed by atoms with Gasteiger partial charge in [0.1, 0.15) is 4.88 Å². The second-order valence-corrected chi connectivity index (χ2v) is 6.20. The molecular weight excluding hydrogens is 322 g/mol. The Bertz CT molecular complexity index is 666. The summed E-state index contributed by atoms with van der Waals surface area (Å²) in [4.78, 5) is 24.2. The Balaban J connectivity index is 1.84. The minimum atomic E-state index is -0.471. The van der Waals surface area contributed by atoms with Crippen molar-refractivity contribution in [2.45, 2.75) is 19.9 Å². The Kier molecular flexibility index (Phi) is 5.57. The van der Waals surface area contributed by atoms with Gasteiger partial charge in [0.25, 0.3) is 5.91 Å². The molecule has 116 valence electrons. The van der Waals surface area contributed by atoms with Gasteiger partial charge in [0, 0.05) is 5.02 Å². The third kappa shape index (κ3) is 4.32. The summed E-state index contributed by atoms with van der Waals surface area (Å²) in [7, 11) is 0. The molecule has 4 nitrogen and oxygen atoms in total. The van der Waals surface area contributed by atoms with Crippen LogP contribution in [0.3, 0.4) is 0 Å². The molecule has 2 rings (SSSR count). The second kappa shape index (κ2) is 7.42. The van der Waals surface area contributed by atoms with Crippen LogP contribution in [-0.4, -0.2) is 18.5 Å². The quantitative estimate of drug-likeness (QED) is 0.845. The molecule has 1 heterocycles. The van der Waals surface area contributed by atoms with E-state index >= 15 is 0 Å². The number of benzene rings is 1. The smallest absolute Gasteiger partial charge is 0.349 e. The number of amides is 1. The van der Waals surface area contributed by atoms with E-state index in [1.807, 2.05) is 37.4 Å². The van der Waals surface area contributed by atoms with Crippen molar-refractivity contribution >= 4 is 34.8 Å². The van der Waals surface area contributed by atoms with Crippen molar-refractivity contribution in [2.24, 2.45) is 0 Å². The van der Waals surface area contributed by atoms with Crippen LogP contribution in [-0.2, 0) is 9.53 Å². The average Bonchev–Trinajstić information content (AvgIpc) is 2.91. The molecule has 22 heavy (non-hydrogen) atoms. The molecule has 1 N–H and O–H groups in total. The van der Waals surface area contributed by atoms with E-state index in [0.717, 1.165) is 11.1 Å². The first-order chi connectivity index (χ1) is 10.5. The van der Waals surface area contributed by atoms with Gasteiger partial charge in [-0.2, -0.15) is 0 Å². The molecule has 6 heteroatoms. The highest BCUT2D eigenvalue weighted by Crippen LogP contribution is 2.17. The van der Waals surface area contributed by atoms with E-state index in [-0.39, 0.29) is 18.6 Å². The lowest BCUT2D eigenvalue weighted by Gasteiger charge is -2.14. The van der Waals surface area contributed by atoms with Gasteiger partial charge in [-0.1, -0.05) is 23.7 Å². The largest absolute Gasteiger partial charge is 0.451 e. The van der Waals surface area contributed by atoms with Crippen molar-refractivity contribution in [2.75, 3.05) is 6.61 Å². The van der Waals surface area contributed by atoms with E-state index in [1.54, 1.807) is 12.1 Å². The monoisotopic (exact) mass is 337 g/mol. The third-order valence-corrected chi connectivity index (χ3v) is 4.38. The summed E-state index contributed by atoms with van der Waals surface area (Å²) < 4.78 is 5.02. The molecule has 0 bridgehead atoms. The predicted molar refractivity (Wildman–Crippen MR) is 87.3 cm³/mol. The van der Waals surface area contributed by atoms with Crippen LogP contribution in [0.1, 0.15) is 33.8 Å². The maximum Gasteiger partial charge on any atom is 0.349 e. The highest BCUT2D eigenvalue weighted by atomic mass is 35.5. The molecule has 1 aromatic carbocycles. The zero-order chi connectivity index (χ0) is 16.1. The van der Waals surface area contributed by atoms with Crippen LogP contribution < -0.4 is 5.32 Å². The Labute approximate surface area is 138 Å². The normalized spacial score (nSPS) is 11.8. The van der Waals surface area contributed by atoms with Crippen molar-refractivity contribution in [3.05, 3.63) is 56.7 Å². The number of esters is 1. The second-order valence-electron chi connectivity index (χ2n) is 4.85. The van der Waals surface area contributed by atoms with Crippen LogP contribution in [0, 0.1) is 6.92 Å². The molecule has 0 saturated heterocycles. The summed E-state index contributed by atoms with van der Waals surface area (Å²) in [6.07, 6.45) is 0. The van der Waals surface area contributed by atoms with E-state index in [1.165, 1.54) is 11.3 Å². The summed E-state index contributed by atoms with van der Waals surface area (Å²) in [6.45, 7) is 3.39. The number of rotatable bonds is 5. The van der Waals surface area contributed by atoms with E-state index in [4.69, 9.17) is 16.3 Å². The molecule has 0 radical (unpaired) electrons. The standard InChI is InChI=1S/C16H16ClNO3S/c1-10-7-8-22-15(10)16(20)21-9-14(19)18-11(2)12-3-5-13(17)6-4-12/h3-8,11H,9H2,1-2H3,(H,18,19)/t11-/m0/s1. The molecule has 0 aliphatic rings. The lowest BCUT2D eigenvalue weighted by Crippen LogP contribution is -2.31. The van der Waals surface area contributed by atoms with Gasteiger partial charge >= 0.3 is 5.97 Å². The maximum absolute atomic E-state index is 11.8.